The molecule has 5 aliphatic rings. The molecule has 4 nitrogen and oxygen atoms in total. The Kier molecular flexibility index (Phi) is 6.01. The van der Waals surface area contributed by atoms with Gasteiger partial charge in [0.15, 0.2) is 12.0 Å². The fourth-order valence-corrected chi connectivity index (χ4v) is 8.37. The van der Waals surface area contributed by atoms with Crippen LogP contribution in [0.25, 0.3) is 0 Å². The minimum atomic E-state index is -1.25. The Labute approximate surface area is 193 Å². The van der Waals surface area contributed by atoms with Crippen LogP contribution in [-0.2, 0) is 9.63 Å². The quantitative estimate of drug-likeness (QED) is 0.323. The number of ketones is 1. The standard InChI is InChI=1S/C27H41FN2O2/c1-18-15-20-21(8-10-27(3)23(20)17-24(28)25(27)31)26(2)9-7-19(16-22(18)26)29-32-14-13-30-11-5-4-6-12-30/h20-24H,1,4-17H2,2-3H3/t20?,21?,22-,23?,24-,26-,27+/m1/s1. The van der Waals surface area contributed by atoms with Crippen LogP contribution >= 0.6 is 0 Å². The number of hydrogen-bond donors (Lipinski definition) is 0. The van der Waals surface area contributed by atoms with Crippen molar-refractivity contribution in [3.05, 3.63) is 12.2 Å². The number of Topliss-reactive ketones (excluding diaryl/α,β-unsaturated/α-hetero) is 1. The van der Waals surface area contributed by atoms with Crippen molar-refractivity contribution in [1.29, 1.82) is 0 Å². The van der Waals surface area contributed by atoms with Crippen molar-refractivity contribution >= 4 is 11.5 Å². The zero-order valence-corrected chi connectivity index (χ0v) is 20.1. The van der Waals surface area contributed by atoms with E-state index in [2.05, 4.69) is 23.6 Å². The van der Waals surface area contributed by atoms with Crippen molar-refractivity contribution in [1.82, 2.24) is 4.90 Å². The molecular weight excluding hydrogens is 403 g/mol. The highest BCUT2D eigenvalue weighted by molar-refractivity contribution is 5.91. The molecule has 5 rings (SSSR count). The summed E-state index contributed by atoms with van der Waals surface area (Å²) >= 11 is 0. The number of likely N-dealkylation sites (tertiary alicyclic amines) is 1. The molecule has 1 heterocycles. The summed E-state index contributed by atoms with van der Waals surface area (Å²) in [6.45, 7) is 13.0. The lowest BCUT2D eigenvalue weighted by Crippen LogP contribution is -2.54. The molecule has 0 bridgehead atoms. The highest BCUT2D eigenvalue weighted by Gasteiger charge is 2.63. The molecule has 4 saturated carbocycles. The van der Waals surface area contributed by atoms with Gasteiger partial charge >= 0.3 is 0 Å². The first kappa shape index (κ1) is 22.6. The van der Waals surface area contributed by atoms with Crippen LogP contribution in [0, 0.1) is 34.5 Å². The maximum absolute atomic E-state index is 14.5. The topological polar surface area (TPSA) is 41.9 Å². The molecule has 0 aromatic heterocycles. The van der Waals surface area contributed by atoms with Crippen LogP contribution in [0.1, 0.15) is 78.1 Å². The van der Waals surface area contributed by atoms with Crippen LogP contribution in [-0.4, -0.2) is 48.8 Å². The van der Waals surface area contributed by atoms with E-state index in [1.165, 1.54) is 43.6 Å². The lowest BCUT2D eigenvalue weighted by Gasteiger charge is -2.60. The molecule has 0 radical (unpaired) electrons. The predicted molar refractivity (Wildman–Crippen MR) is 125 cm³/mol. The molecular formula is C27H41FN2O2. The van der Waals surface area contributed by atoms with Crippen LogP contribution in [0.15, 0.2) is 17.3 Å². The SMILES string of the molecule is C=C1CC2C3C[C@@H](F)C(=O)[C@@]3(C)CCC2[C@@]2(C)CCC(=NOCCN3CCCCC3)C[C@H]12. The monoisotopic (exact) mass is 444 g/mol. The number of carbonyl (C=O) groups excluding carboxylic acids is 1. The highest BCUT2D eigenvalue weighted by Crippen LogP contribution is 2.66. The molecule has 0 amide bonds. The molecule has 1 saturated heterocycles. The van der Waals surface area contributed by atoms with Gasteiger partial charge in [-0.2, -0.15) is 0 Å². The second-order valence-electron chi connectivity index (χ2n) is 11.9. The Morgan fingerprint density at radius 2 is 1.94 bits per heavy atom. The first-order chi connectivity index (χ1) is 15.3. The van der Waals surface area contributed by atoms with Gasteiger partial charge in [0.1, 0.15) is 6.61 Å². The number of fused-ring (bicyclic) bond motifs is 5. The molecule has 0 N–H and O–H groups in total. The van der Waals surface area contributed by atoms with Crippen LogP contribution in [0.4, 0.5) is 4.39 Å². The first-order valence-corrected chi connectivity index (χ1v) is 13.1. The molecule has 5 heteroatoms. The van der Waals surface area contributed by atoms with Gasteiger partial charge in [-0.15, -0.1) is 0 Å². The summed E-state index contributed by atoms with van der Waals surface area (Å²) in [4.78, 5) is 20.9. The third kappa shape index (κ3) is 3.67. The van der Waals surface area contributed by atoms with Crippen molar-refractivity contribution in [2.24, 2.45) is 39.7 Å². The number of piperidine rings is 1. The largest absolute Gasteiger partial charge is 0.394 e. The summed E-state index contributed by atoms with van der Waals surface area (Å²) in [6.07, 6.45) is 9.04. The Balaban J connectivity index is 1.24. The van der Waals surface area contributed by atoms with Crippen molar-refractivity contribution < 1.29 is 14.0 Å². The van der Waals surface area contributed by atoms with Crippen molar-refractivity contribution in [2.45, 2.75) is 84.2 Å². The normalized spacial score (nSPS) is 46.0. The summed E-state index contributed by atoms with van der Waals surface area (Å²) in [7, 11) is 0. The number of nitrogens with zero attached hydrogens (tertiary/aromatic N) is 2. The number of allylic oxidation sites excluding steroid dienone is 1. The van der Waals surface area contributed by atoms with E-state index in [-0.39, 0.29) is 17.1 Å². The smallest absolute Gasteiger partial charge is 0.173 e. The van der Waals surface area contributed by atoms with E-state index in [0.717, 1.165) is 45.1 Å². The summed E-state index contributed by atoms with van der Waals surface area (Å²) < 4.78 is 14.5. The molecule has 3 unspecified atom stereocenters. The number of oxime groups is 1. The Hall–Kier alpha value is -1.23. The maximum Gasteiger partial charge on any atom is 0.173 e. The Morgan fingerprint density at radius 1 is 1.16 bits per heavy atom. The van der Waals surface area contributed by atoms with E-state index >= 15 is 0 Å². The molecule has 1 aliphatic heterocycles. The number of rotatable bonds is 4. The van der Waals surface area contributed by atoms with Crippen molar-refractivity contribution in [2.75, 3.05) is 26.2 Å². The average molecular weight is 445 g/mol. The minimum Gasteiger partial charge on any atom is -0.394 e. The van der Waals surface area contributed by atoms with Gasteiger partial charge in [-0.25, -0.2) is 4.39 Å². The number of carbonyl (C=O) groups is 1. The van der Waals surface area contributed by atoms with Crippen LogP contribution < -0.4 is 0 Å². The van der Waals surface area contributed by atoms with E-state index < -0.39 is 11.6 Å². The van der Waals surface area contributed by atoms with Gasteiger partial charge in [-0.05, 0) is 100.0 Å². The predicted octanol–water partition coefficient (Wildman–Crippen LogP) is 5.57. The summed E-state index contributed by atoms with van der Waals surface area (Å²) in [5.41, 5.74) is 2.22. The third-order valence-electron chi connectivity index (χ3n) is 10.3. The van der Waals surface area contributed by atoms with Crippen LogP contribution in [0.3, 0.4) is 0 Å². The lowest BCUT2D eigenvalue weighted by molar-refractivity contribution is -0.136. The molecule has 0 aromatic carbocycles. The van der Waals surface area contributed by atoms with Crippen molar-refractivity contribution in [3.8, 4) is 0 Å². The minimum absolute atomic E-state index is 0.126. The van der Waals surface area contributed by atoms with Gasteiger partial charge in [0.2, 0.25) is 0 Å². The Bertz CT molecular complexity index is 791. The number of halogens is 1. The molecule has 0 aromatic rings. The summed E-state index contributed by atoms with van der Waals surface area (Å²) in [6, 6.07) is 0. The highest BCUT2D eigenvalue weighted by atomic mass is 19.1. The lowest BCUT2D eigenvalue weighted by atomic mass is 9.44. The maximum atomic E-state index is 14.5. The van der Waals surface area contributed by atoms with E-state index in [1.807, 2.05) is 6.92 Å². The molecule has 4 aliphatic carbocycles. The fraction of sp³-hybridized carbons (Fsp3) is 0.852. The zero-order valence-electron chi connectivity index (χ0n) is 20.1. The molecule has 5 fully saturated rings. The van der Waals surface area contributed by atoms with E-state index in [1.54, 1.807) is 0 Å². The second-order valence-corrected chi connectivity index (χ2v) is 11.9. The van der Waals surface area contributed by atoms with Crippen LogP contribution in [0.5, 0.6) is 0 Å². The molecule has 178 valence electrons. The van der Waals surface area contributed by atoms with Gasteiger partial charge < -0.3 is 4.84 Å². The van der Waals surface area contributed by atoms with Gasteiger partial charge in [0.05, 0.1) is 5.71 Å². The molecule has 32 heavy (non-hydrogen) atoms. The first-order valence-electron chi connectivity index (χ1n) is 13.1. The third-order valence-corrected chi connectivity index (χ3v) is 10.3. The summed E-state index contributed by atoms with van der Waals surface area (Å²) in [5.74, 6) is 1.47. The molecule has 0 spiro atoms. The van der Waals surface area contributed by atoms with E-state index in [4.69, 9.17) is 4.84 Å². The average Bonchev–Trinajstić information content (AvgIpc) is 3.02. The van der Waals surface area contributed by atoms with Gasteiger partial charge in [-0.1, -0.05) is 37.6 Å². The van der Waals surface area contributed by atoms with E-state index in [0.29, 0.717) is 30.8 Å². The zero-order chi connectivity index (χ0) is 22.5. The fourth-order valence-electron chi connectivity index (χ4n) is 8.37. The van der Waals surface area contributed by atoms with E-state index in [9.17, 15) is 9.18 Å². The van der Waals surface area contributed by atoms with Crippen LogP contribution in [0.2, 0.25) is 0 Å². The van der Waals surface area contributed by atoms with Gasteiger partial charge in [-0.3, -0.25) is 9.69 Å². The number of alkyl halides is 1. The van der Waals surface area contributed by atoms with Gasteiger partial charge in [0, 0.05) is 12.0 Å². The molecule has 7 atom stereocenters. The second kappa shape index (κ2) is 8.52. The number of hydrogen-bond acceptors (Lipinski definition) is 4. The van der Waals surface area contributed by atoms with Gasteiger partial charge in [0.25, 0.3) is 0 Å². The van der Waals surface area contributed by atoms with Crippen molar-refractivity contribution in [3.63, 3.8) is 0 Å². The summed E-state index contributed by atoms with van der Waals surface area (Å²) in [5, 5.41) is 4.57. The Morgan fingerprint density at radius 3 is 2.72 bits per heavy atom.